The summed E-state index contributed by atoms with van der Waals surface area (Å²) in [5.41, 5.74) is 2.99. The van der Waals surface area contributed by atoms with E-state index in [1.165, 1.54) is 6.07 Å². The molecule has 0 radical (unpaired) electrons. The zero-order valence-electron chi connectivity index (χ0n) is 21.3. The summed E-state index contributed by atoms with van der Waals surface area (Å²) >= 11 is 0. The van der Waals surface area contributed by atoms with Crippen LogP contribution in [0.4, 0.5) is 8.78 Å². The Labute approximate surface area is 217 Å². The van der Waals surface area contributed by atoms with Crippen molar-refractivity contribution < 1.29 is 27.4 Å². The topological polar surface area (TPSA) is 99.9 Å². The number of alkyl halides is 2. The SMILES string of the molecule is CN1CCC(n2nc(-c3cccc(OC(F)F)c3)c3c2CC(C(=O)NC2(C)CCS(O)(O)C2)CC3)CC1. The molecule has 204 valence electrons. The molecule has 11 heteroatoms. The van der Waals surface area contributed by atoms with Crippen molar-refractivity contribution >= 4 is 16.5 Å². The summed E-state index contributed by atoms with van der Waals surface area (Å²) in [5, 5.41) is 8.14. The minimum atomic E-state index is -2.90. The first-order valence-electron chi connectivity index (χ1n) is 12.9. The Morgan fingerprint density at radius 1 is 1.27 bits per heavy atom. The molecule has 0 bridgehead atoms. The molecule has 1 amide bonds. The average molecular weight is 539 g/mol. The second-order valence-electron chi connectivity index (χ2n) is 11.0. The number of nitrogens with one attached hydrogen (secondary N) is 1. The Balaban J connectivity index is 1.43. The predicted molar refractivity (Wildman–Crippen MR) is 139 cm³/mol. The minimum Gasteiger partial charge on any atom is -0.435 e. The number of ether oxygens (including phenoxy) is 1. The van der Waals surface area contributed by atoms with Gasteiger partial charge in [-0.1, -0.05) is 12.1 Å². The normalized spacial score (nSPS) is 27.2. The molecule has 1 aliphatic carbocycles. The van der Waals surface area contributed by atoms with E-state index in [-0.39, 0.29) is 29.4 Å². The van der Waals surface area contributed by atoms with Crippen LogP contribution in [0, 0.1) is 5.92 Å². The molecule has 3 aliphatic rings. The lowest BCUT2D eigenvalue weighted by molar-refractivity contribution is -0.127. The summed E-state index contributed by atoms with van der Waals surface area (Å²) in [6, 6.07) is 6.88. The number of hydrogen-bond donors (Lipinski definition) is 3. The molecule has 3 N–H and O–H groups in total. The summed E-state index contributed by atoms with van der Waals surface area (Å²) in [6.45, 7) is 0.905. The smallest absolute Gasteiger partial charge is 0.387 e. The van der Waals surface area contributed by atoms with Crippen LogP contribution in [-0.4, -0.2) is 73.5 Å². The number of fused-ring (bicyclic) bond motifs is 1. The maximum atomic E-state index is 13.3. The van der Waals surface area contributed by atoms with E-state index in [1.54, 1.807) is 12.1 Å². The van der Waals surface area contributed by atoms with E-state index in [2.05, 4.69) is 26.7 Å². The third-order valence-electron chi connectivity index (χ3n) is 7.99. The number of rotatable bonds is 6. The monoisotopic (exact) mass is 538 g/mol. The minimum absolute atomic E-state index is 0.0599. The fraction of sp³-hybridized carbons (Fsp3) is 0.615. The number of piperidine rings is 1. The van der Waals surface area contributed by atoms with Crippen molar-refractivity contribution in [3.05, 3.63) is 35.5 Å². The fourth-order valence-electron chi connectivity index (χ4n) is 6.00. The van der Waals surface area contributed by atoms with Crippen molar-refractivity contribution in [3.8, 4) is 17.0 Å². The standard InChI is InChI=1S/C26H36F2N4O4S/c1-26(10-13-37(34,35)16-26)29-24(33)18-6-7-21-22(15-18)32(19-8-11-31(2)12-9-19)30-23(21)17-4-3-5-20(14-17)36-25(27)28/h3-5,14,18-19,25,34-35H,6-13,15-16H2,1-2H3,(H,29,33). The summed E-state index contributed by atoms with van der Waals surface area (Å²) < 4.78 is 52.5. The Bertz CT molecular complexity index is 1150. The molecule has 2 aliphatic heterocycles. The lowest BCUT2D eigenvalue weighted by atomic mass is 9.84. The highest BCUT2D eigenvalue weighted by Crippen LogP contribution is 2.50. The molecule has 2 unspecified atom stereocenters. The van der Waals surface area contributed by atoms with Crippen LogP contribution in [0.1, 0.15) is 49.9 Å². The van der Waals surface area contributed by atoms with Crippen LogP contribution in [0.2, 0.25) is 0 Å². The number of aromatic nitrogens is 2. The van der Waals surface area contributed by atoms with Gasteiger partial charge >= 0.3 is 6.61 Å². The summed E-state index contributed by atoms with van der Waals surface area (Å²) in [7, 11) is -0.528. The third-order valence-corrected chi connectivity index (χ3v) is 9.95. The number of halogens is 2. The van der Waals surface area contributed by atoms with Crippen LogP contribution < -0.4 is 10.1 Å². The van der Waals surface area contributed by atoms with E-state index >= 15 is 0 Å². The van der Waals surface area contributed by atoms with Gasteiger partial charge in [-0.2, -0.15) is 24.5 Å². The zero-order valence-corrected chi connectivity index (χ0v) is 22.1. The molecule has 2 fully saturated rings. The van der Waals surface area contributed by atoms with Crippen molar-refractivity contribution in [2.45, 2.75) is 63.6 Å². The Morgan fingerprint density at radius 2 is 2.03 bits per heavy atom. The molecule has 2 aromatic rings. The summed E-state index contributed by atoms with van der Waals surface area (Å²) in [4.78, 5) is 15.6. The molecule has 3 heterocycles. The number of amides is 1. The van der Waals surface area contributed by atoms with Crippen LogP contribution in [0.3, 0.4) is 0 Å². The number of likely N-dealkylation sites (tertiary alicyclic amines) is 1. The third kappa shape index (κ3) is 5.79. The highest BCUT2D eigenvalue weighted by atomic mass is 32.3. The maximum Gasteiger partial charge on any atom is 0.387 e. The molecule has 2 saturated heterocycles. The van der Waals surface area contributed by atoms with Gasteiger partial charge in [-0.25, -0.2) is 0 Å². The number of benzene rings is 1. The van der Waals surface area contributed by atoms with Gasteiger partial charge in [-0.15, -0.1) is 0 Å². The van der Waals surface area contributed by atoms with Gasteiger partial charge in [0, 0.05) is 34.9 Å². The average Bonchev–Trinajstić information content (AvgIpc) is 3.35. The van der Waals surface area contributed by atoms with Gasteiger partial charge in [0.15, 0.2) is 0 Å². The Kier molecular flexibility index (Phi) is 7.25. The van der Waals surface area contributed by atoms with Gasteiger partial charge in [0.2, 0.25) is 5.91 Å². The molecular formula is C26H36F2N4O4S. The maximum absolute atomic E-state index is 13.3. The molecular weight excluding hydrogens is 502 g/mol. The lowest BCUT2D eigenvalue weighted by Crippen LogP contribution is -2.49. The van der Waals surface area contributed by atoms with Crippen LogP contribution in [0.15, 0.2) is 24.3 Å². The van der Waals surface area contributed by atoms with Gasteiger partial charge in [-0.3, -0.25) is 18.6 Å². The first-order chi connectivity index (χ1) is 17.5. The van der Waals surface area contributed by atoms with Gasteiger partial charge in [0.05, 0.1) is 23.0 Å². The lowest BCUT2D eigenvalue weighted by Gasteiger charge is -2.33. The van der Waals surface area contributed by atoms with E-state index in [0.29, 0.717) is 31.4 Å². The molecule has 0 spiro atoms. The molecule has 8 nitrogen and oxygen atoms in total. The molecule has 1 aromatic carbocycles. The highest BCUT2D eigenvalue weighted by molar-refractivity contribution is 8.24. The van der Waals surface area contributed by atoms with Crippen LogP contribution in [0.25, 0.3) is 11.3 Å². The van der Waals surface area contributed by atoms with E-state index in [1.807, 2.05) is 13.0 Å². The number of carbonyl (C=O) groups is 1. The van der Waals surface area contributed by atoms with Crippen molar-refractivity contribution in [3.63, 3.8) is 0 Å². The number of nitrogens with zero attached hydrogens (tertiary/aromatic N) is 3. The zero-order chi connectivity index (χ0) is 26.4. The van der Waals surface area contributed by atoms with Crippen molar-refractivity contribution in [2.75, 3.05) is 31.6 Å². The fourth-order valence-corrected chi connectivity index (χ4v) is 8.15. The highest BCUT2D eigenvalue weighted by Gasteiger charge is 2.41. The summed E-state index contributed by atoms with van der Waals surface area (Å²) in [5.74, 6) is 0.307. The van der Waals surface area contributed by atoms with Crippen LogP contribution >= 0.6 is 10.6 Å². The molecule has 5 rings (SSSR count). The first-order valence-corrected chi connectivity index (χ1v) is 14.8. The second-order valence-corrected chi connectivity index (χ2v) is 13.4. The number of carbonyl (C=O) groups excluding carboxylic acids is 1. The molecule has 37 heavy (non-hydrogen) atoms. The van der Waals surface area contributed by atoms with Crippen molar-refractivity contribution in [2.24, 2.45) is 5.92 Å². The first kappa shape index (κ1) is 26.4. The summed E-state index contributed by atoms with van der Waals surface area (Å²) in [6.07, 6.45) is 4.29. The molecule has 0 saturated carbocycles. The van der Waals surface area contributed by atoms with Gasteiger partial charge < -0.3 is 15.0 Å². The number of hydrogen-bond acceptors (Lipinski definition) is 6. The van der Waals surface area contributed by atoms with E-state index in [4.69, 9.17) is 5.10 Å². The largest absolute Gasteiger partial charge is 0.435 e. The van der Waals surface area contributed by atoms with E-state index < -0.39 is 22.7 Å². The van der Waals surface area contributed by atoms with Gasteiger partial charge in [0.25, 0.3) is 0 Å². The second kappa shape index (κ2) is 10.2. The Morgan fingerprint density at radius 3 is 2.70 bits per heavy atom. The van der Waals surface area contributed by atoms with Gasteiger partial charge in [-0.05, 0) is 71.3 Å². The van der Waals surface area contributed by atoms with E-state index in [0.717, 1.165) is 48.4 Å². The van der Waals surface area contributed by atoms with Crippen LogP contribution in [0.5, 0.6) is 5.75 Å². The molecule has 2 atom stereocenters. The van der Waals surface area contributed by atoms with Crippen molar-refractivity contribution in [1.82, 2.24) is 20.0 Å². The van der Waals surface area contributed by atoms with Gasteiger partial charge in [0.1, 0.15) is 5.75 Å². The quantitative estimate of drug-likeness (QED) is 0.499. The van der Waals surface area contributed by atoms with Crippen molar-refractivity contribution in [1.29, 1.82) is 0 Å². The predicted octanol–water partition coefficient (Wildman–Crippen LogP) is 4.55. The van der Waals surface area contributed by atoms with E-state index in [9.17, 15) is 22.7 Å². The molecule has 1 aromatic heterocycles. The Hall–Kier alpha value is -2.21. The van der Waals surface area contributed by atoms with Crippen LogP contribution in [-0.2, 0) is 17.6 Å².